The van der Waals surface area contributed by atoms with Crippen molar-refractivity contribution >= 4 is 18.5 Å². The normalized spacial score (nSPS) is 10.8. The zero-order valence-electron chi connectivity index (χ0n) is 11.6. The third kappa shape index (κ3) is 3.56. The molecule has 0 heterocycles. The summed E-state index contributed by atoms with van der Waals surface area (Å²) in [6.45, 7) is 0. The van der Waals surface area contributed by atoms with Crippen LogP contribution in [0.5, 0.6) is 0 Å². The highest BCUT2D eigenvalue weighted by atomic mass is 31.1. The van der Waals surface area contributed by atoms with Gasteiger partial charge < -0.3 is 0 Å². The average molecular weight is 294 g/mol. The SMILES string of the molecule is Fc1ccc(CP(c2ccccc2)c2ccccc2)cc1. The minimum absolute atomic E-state index is 0.178. The van der Waals surface area contributed by atoms with E-state index in [1.807, 2.05) is 24.3 Å². The van der Waals surface area contributed by atoms with Gasteiger partial charge in [0.05, 0.1) is 0 Å². The molecule has 0 spiro atoms. The Labute approximate surface area is 126 Å². The summed E-state index contributed by atoms with van der Waals surface area (Å²) in [7, 11) is -0.459. The fourth-order valence-electron chi connectivity index (χ4n) is 2.32. The molecule has 0 nitrogen and oxygen atoms in total. The van der Waals surface area contributed by atoms with E-state index in [1.165, 1.54) is 16.2 Å². The van der Waals surface area contributed by atoms with Gasteiger partial charge in [-0.05, 0) is 36.2 Å². The van der Waals surface area contributed by atoms with Crippen molar-refractivity contribution < 1.29 is 4.39 Å². The lowest BCUT2D eigenvalue weighted by atomic mass is 10.2. The molecule has 3 rings (SSSR count). The number of halogens is 1. The van der Waals surface area contributed by atoms with Crippen molar-refractivity contribution in [3.8, 4) is 0 Å². The van der Waals surface area contributed by atoms with E-state index in [9.17, 15) is 4.39 Å². The molecule has 0 aliphatic carbocycles. The molecule has 0 unspecified atom stereocenters. The first-order valence-electron chi connectivity index (χ1n) is 6.95. The predicted octanol–water partition coefficient (Wildman–Crippen LogP) is 4.46. The van der Waals surface area contributed by atoms with E-state index in [2.05, 4.69) is 48.5 Å². The molecule has 0 N–H and O–H groups in total. The first-order valence-corrected chi connectivity index (χ1v) is 8.48. The predicted molar refractivity (Wildman–Crippen MR) is 89.2 cm³/mol. The smallest absolute Gasteiger partial charge is 0.123 e. The standard InChI is InChI=1S/C19H16FP/c20-17-13-11-16(12-14-17)15-21(18-7-3-1-4-8-18)19-9-5-2-6-10-19/h1-14H,15H2. The molecule has 3 aromatic rings. The summed E-state index contributed by atoms with van der Waals surface area (Å²) in [5.41, 5.74) is 1.18. The Kier molecular flexibility index (Phi) is 4.43. The van der Waals surface area contributed by atoms with Crippen molar-refractivity contribution in [2.45, 2.75) is 6.16 Å². The Morgan fingerprint density at radius 3 is 1.57 bits per heavy atom. The third-order valence-corrected chi connectivity index (χ3v) is 5.91. The largest absolute Gasteiger partial charge is 0.207 e. The monoisotopic (exact) mass is 294 g/mol. The molecule has 0 aliphatic rings. The lowest BCUT2D eigenvalue weighted by Gasteiger charge is -2.19. The van der Waals surface area contributed by atoms with E-state index in [0.29, 0.717) is 0 Å². The summed E-state index contributed by atoms with van der Waals surface area (Å²) >= 11 is 0. The topological polar surface area (TPSA) is 0 Å². The maximum atomic E-state index is 13.1. The molecule has 0 amide bonds. The first-order chi connectivity index (χ1) is 10.3. The summed E-state index contributed by atoms with van der Waals surface area (Å²) in [5.74, 6) is -0.178. The van der Waals surface area contributed by atoms with Crippen molar-refractivity contribution in [3.63, 3.8) is 0 Å². The molecule has 0 fully saturated rings. The van der Waals surface area contributed by atoms with Crippen molar-refractivity contribution in [1.29, 1.82) is 0 Å². The van der Waals surface area contributed by atoms with Crippen LogP contribution in [0.1, 0.15) is 5.56 Å². The summed E-state index contributed by atoms with van der Waals surface area (Å²) in [6.07, 6.45) is 0.934. The summed E-state index contributed by atoms with van der Waals surface area (Å²) in [6, 6.07) is 28.0. The van der Waals surface area contributed by atoms with Gasteiger partial charge in [-0.1, -0.05) is 72.8 Å². The van der Waals surface area contributed by atoms with Crippen LogP contribution in [0.4, 0.5) is 4.39 Å². The number of hydrogen-bond donors (Lipinski definition) is 0. The van der Waals surface area contributed by atoms with Crippen molar-refractivity contribution in [2.24, 2.45) is 0 Å². The highest BCUT2D eigenvalue weighted by Gasteiger charge is 2.13. The average Bonchev–Trinajstić information content (AvgIpc) is 2.56. The van der Waals surface area contributed by atoms with E-state index in [-0.39, 0.29) is 5.82 Å². The zero-order valence-corrected chi connectivity index (χ0v) is 12.5. The minimum Gasteiger partial charge on any atom is -0.207 e. The van der Waals surface area contributed by atoms with Crippen LogP contribution in [0.2, 0.25) is 0 Å². The fourth-order valence-corrected chi connectivity index (χ4v) is 4.62. The minimum atomic E-state index is -0.459. The first kappa shape index (κ1) is 14.0. The van der Waals surface area contributed by atoms with Gasteiger partial charge in [0.25, 0.3) is 0 Å². The van der Waals surface area contributed by atoms with Gasteiger partial charge in [0.2, 0.25) is 0 Å². The van der Waals surface area contributed by atoms with Crippen molar-refractivity contribution in [1.82, 2.24) is 0 Å². The molecule has 0 aromatic heterocycles. The van der Waals surface area contributed by atoms with Crippen LogP contribution in [0, 0.1) is 5.82 Å². The van der Waals surface area contributed by atoms with Gasteiger partial charge in [-0.3, -0.25) is 0 Å². The fraction of sp³-hybridized carbons (Fsp3) is 0.0526. The molecule has 0 bridgehead atoms. The van der Waals surface area contributed by atoms with Crippen LogP contribution in [0.15, 0.2) is 84.9 Å². The summed E-state index contributed by atoms with van der Waals surface area (Å²) in [4.78, 5) is 0. The second-order valence-electron chi connectivity index (χ2n) is 4.88. The van der Waals surface area contributed by atoms with E-state index >= 15 is 0 Å². The zero-order chi connectivity index (χ0) is 14.5. The highest BCUT2D eigenvalue weighted by molar-refractivity contribution is 7.72. The lowest BCUT2D eigenvalue weighted by Crippen LogP contribution is -2.12. The summed E-state index contributed by atoms with van der Waals surface area (Å²) in [5, 5.41) is 2.70. The maximum absolute atomic E-state index is 13.1. The van der Waals surface area contributed by atoms with Crippen molar-refractivity contribution in [2.75, 3.05) is 0 Å². The van der Waals surface area contributed by atoms with Gasteiger partial charge in [0, 0.05) is 6.16 Å². The Hall–Kier alpha value is -1.98. The van der Waals surface area contributed by atoms with Crippen LogP contribution in [-0.2, 0) is 6.16 Å². The Balaban J connectivity index is 1.95. The van der Waals surface area contributed by atoms with E-state index in [0.717, 1.165) is 6.16 Å². The molecule has 3 aromatic carbocycles. The molecule has 0 aliphatic heterocycles. The van der Waals surface area contributed by atoms with E-state index in [4.69, 9.17) is 0 Å². The van der Waals surface area contributed by atoms with Crippen LogP contribution >= 0.6 is 7.92 Å². The van der Waals surface area contributed by atoms with Gasteiger partial charge in [-0.25, -0.2) is 4.39 Å². The second-order valence-corrected chi connectivity index (χ2v) is 7.09. The van der Waals surface area contributed by atoms with Crippen LogP contribution in [0.3, 0.4) is 0 Å². The molecule has 104 valence electrons. The molecule has 0 saturated heterocycles. The molecular formula is C19H16FP. The van der Waals surface area contributed by atoms with Crippen molar-refractivity contribution in [3.05, 3.63) is 96.3 Å². The molecule has 0 saturated carbocycles. The molecule has 0 atom stereocenters. The van der Waals surface area contributed by atoms with Gasteiger partial charge in [0.1, 0.15) is 5.82 Å². The van der Waals surface area contributed by atoms with Gasteiger partial charge in [-0.2, -0.15) is 0 Å². The highest BCUT2D eigenvalue weighted by Crippen LogP contribution is 2.37. The molecular weight excluding hydrogens is 278 g/mol. The number of benzene rings is 3. The Morgan fingerprint density at radius 2 is 1.10 bits per heavy atom. The number of hydrogen-bond acceptors (Lipinski definition) is 0. The summed E-state index contributed by atoms with van der Waals surface area (Å²) < 4.78 is 13.1. The quantitative estimate of drug-likeness (QED) is 0.623. The van der Waals surface area contributed by atoms with Crippen LogP contribution in [0.25, 0.3) is 0 Å². The Bertz CT molecular complexity index is 638. The van der Waals surface area contributed by atoms with Gasteiger partial charge in [0.15, 0.2) is 0 Å². The van der Waals surface area contributed by atoms with Crippen LogP contribution < -0.4 is 10.6 Å². The second kappa shape index (κ2) is 6.65. The molecule has 2 heteroatoms. The maximum Gasteiger partial charge on any atom is 0.123 e. The molecule has 0 radical (unpaired) electrons. The lowest BCUT2D eigenvalue weighted by molar-refractivity contribution is 0.627. The third-order valence-electron chi connectivity index (χ3n) is 3.39. The van der Waals surface area contributed by atoms with Gasteiger partial charge in [-0.15, -0.1) is 0 Å². The van der Waals surface area contributed by atoms with Crippen LogP contribution in [-0.4, -0.2) is 0 Å². The molecule has 21 heavy (non-hydrogen) atoms. The van der Waals surface area contributed by atoms with E-state index in [1.54, 1.807) is 12.1 Å². The number of rotatable bonds is 4. The van der Waals surface area contributed by atoms with E-state index < -0.39 is 7.92 Å². The Morgan fingerprint density at radius 1 is 0.619 bits per heavy atom. The van der Waals surface area contributed by atoms with Gasteiger partial charge >= 0.3 is 0 Å².